The molecule has 1 fully saturated rings. The van der Waals surface area contributed by atoms with Crippen LogP contribution in [0.2, 0.25) is 0 Å². The highest BCUT2D eigenvalue weighted by molar-refractivity contribution is 5.73. The molecular weight excluding hydrogens is 338 g/mol. The Morgan fingerprint density at radius 2 is 1.68 bits per heavy atom. The van der Waals surface area contributed by atoms with Gasteiger partial charge in [-0.05, 0) is 0 Å². The molecule has 0 saturated carbocycles. The van der Waals surface area contributed by atoms with Crippen LogP contribution in [0.15, 0.2) is 0 Å². The second-order valence-corrected chi connectivity index (χ2v) is 5.46. The van der Waals surface area contributed by atoms with Gasteiger partial charge in [0.2, 0.25) is 5.91 Å². The summed E-state index contributed by atoms with van der Waals surface area (Å²) in [5.74, 6) is -2.24. The summed E-state index contributed by atoms with van der Waals surface area (Å²) >= 11 is 0. The fraction of sp³-hybridized carbons (Fsp3) is 0.733. The van der Waals surface area contributed by atoms with Gasteiger partial charge in [0.05, 0.1) is 0 Å². The fourth-order valence-electron chi connectivity index (χ4n) is 2.50. The molecule has 10 heteroatoms. The van der Waals surface area contributed by atoms with Gasteiger partial charge in [-0.2, -0.15) is 0 Å². The van der Waals surface area contributed by atoms with Crippen LogP contribution in [0, 0.1) is 0 Å². The van der Waals surface area contributed by atoms with Crippen molar-refractivity contribution in [2.45, 2.75) is 58.3 Å². The van der Waals surface area contributed by atoms with E-state index in [9.17, 15) is 19.2 Å². The van der Waals surface area contributed by atoms with E-state index in [-0.39, 0.29) is 6.61 Å². The van der Waals surface area contributed by atoms with Gasteiger partial charge in [-0.25, -0.2) is 0 Å². The van der Waals surface area contributed by atoms with Gasteiger partial charge < -0.3 is 29.0 Å². The third-order valence-electron chi connectivity index (χ3n) is 3.30. The lowest BCUT2D eigenvalue weighted by molar-refractivity contribution is -0.186. The molecule has 0 spiro atoms. The first-order valence-electron chi connectivity index (χ1n) is 7.58. The second kappa shape index (κ2) is 9.33. The Balaban J connectivity index is 3.10. The number of ether oxygens (including phenoxy) is 5. The molecule has 1 N–H and O–H groups in total. The third kappa shape index (κ3) is 6.31. The molecule has 0 aromatic heterocycles. The molecule has 0 aromatic rings. The number of esters is 3. The van der Waals surface area contributed by atoms with Crippen LogP contribution < -0.4 is 5.32 Å². The monoisotopic (exact) mass is 361 g/mol. The smallest absolute Gasteiger partial charge is 0.303 e. The van der Waals surface area contributed by atoms with E-state index in [1.54, 1.807) is 0 Å². The number of methoxy groups -OCH3 is 1. The molecule has 142 valence electrons. The lowest BCUT2D eigenvalue weighted by atomic mass is 10.0. The Morgan fingerprint density at radius 1 is 1.04 bits per heavy atom. The minimum Gasteiger partial charge on any atom is -0.462 e. The molecule has 0 radical (unpaired) electrons. The second-order valence-electron chi connectivity index (χ2n) is 5.46. The van der Waals surface area contributed by atoms with Gasteiger partial charge in [-0.3, -0.25) is 19.2 Å². The van der Waals surface area contributed by atoms with Crippen molar-refractivity contribution < 1.29 is 42.9 Å². The van der Waals surface area contributed by atoms with Crippen LogP contribution in [0.3, 0.4) is 0 Å². The highest BCUT2D eigenvalue weighted by Crippen LogP contribution is 2.29. The summed E-state index contributed by atoms with van der Waals surface area (Å²) in [6.45, 7) is 4.54. The number of carbonyl (C=O) groups excluding carboxylic acids is 4. The molecule has 1 amide bonds. The molecule has 1 rings (SSSR count). The van der Waals surface area contributed by atoms with E-state index in [1.165, 1.54) is 34.8 Å². The van der Waals surface area contributed by atoms with Crippen LogP contribution in [-0.4, -0.2) is 68.2 Å². The Kier molecular flexibility index (Phi) is 7.78. The SMILES string of the molecule is CO[C@@H]1O[C@@H]([C@@H](COC(C)=O)OC(C)=O)[C@H](OC(C)=O)[C@H]1NC(C)=O. The van der Waals surface area contributed by atoms with Gasteiger partial charge in [0.25, 0.3) is 0 Å². The highest BCUT2D eigenvalue weighted by Gasteiger charge is 2.52. The zero-order chi connectivity index (χ0) is 19.1. The van der Waals surface area contributed by atoms with Crippen LogP contribution >= 0.6 is 0 Å². The summed E-state index contributed by atoms with van der Waals surface area (Å²) in [6, 6.07) is -0.827. The first-order valence-corrected chi connectivity index (χ1v) is 7.58. The number of rotatable bonds is 7. The molecule has 25 heavy (non-hydrogen) atoms. The number of amides is 1. The van der Waals surface area contributed by atoms with Gasteiger partial charge in [-0.15, -0.1) is 0 Å². The van der Waals surface area contributed by atoms with E-state index in [1.807, 2.05) is 0 Å². The van der Waals surface area contributed by atoms with Crippen molar-refractivity contribution in [1.82, 2.24) is 5.32 Å². The Labute approximate surface area is 145 Å². The Morgan fingerprint density at radius 3 is 2.12 bits per heavy atom. The maximum absolute atomic E-state index is 11.5. The molecule has 0 aliphatic carbocycles. The van der Waals surface area contributed by atoms with E-state index < -0.39 is 54.5 Å². The van der Waals surface area contributed by atoms with Gasteiger partial charge in [0, 0.05) is 34.8 Å². The predicted molar refractivity (Wildman–Crippen MR) is 81.0 cm³/mol. The quantitative estimate of drug-likeness (QED) is 0.462. The van der Waals surface area contributed by atoms with Crippen molar-refractivity contribution in [2.75, 3.05) is 13.7 Å². The van der Waals surface area contributed by atoms with Crippen molar-refractivity contribution in [3.05, 3.63) is 0 Å². The van der Waals surface area contributed by atoms with Gasteiger partial charge in [0.15, 0.2) is 18.5 Å². The standard InChI is InChI=1S/C15H23NO9/c1-7(17)16-12-14(24-10(4)20)13(25-15(12)21-5)11(23-9(3)19)6-22-8(2)18/h11-15H,6H2,1-5H3,(H,16,17)/t11-,12-,13+,14-,15-/m1/s1. The molecule has 0 bridgehead atoms. The van der Waals surface area contributed by atoms with Gasteiger partial charge in [0.1, 0.15) is 18.8 Å². The number of carbonyl (C=O) groups is 4. The topological polar surface area (TPSA) is 126 Å². The molecule has 1 saturated heterocycles. The molecule has 5 atom stereocenters. The zero-order valence-corrected chi connectivity index (χ0v) is 14.8. The average molecular weight is 361 g/mol. The summed E-state index contributed by atoms with van der Waals surface area (Å²) in [7, 11) is 1.35. The third-order valence-corrected chi connectivity index (χ3v) is 3.30. The van der Waals surface area contributed by atoms with Gasteiger partial charge in [-0.1, -0.05) is 0 Å². The lowest BCUT2D eigenvalue weighted by Crippen LogP contribution is -2.51. The first kappa shape index (κ1) is 20.8. The van der Waals surface area contributed by atoms with E-state index in [0.29, 0.717) is 0 Å². The van der Waals surface area contributed by atoms with Gasteiger partial charge >= 0.3 is 17.9 Å². The summed E-state index contributed by atoms with van der Waals surface area (Å²) < 4.78 is 26.1. The molecule has 1 aliphatic heterocycles. The van der Waals surface area contributed by atoms with Crippen molar-refractivity contribution >= 4 is 23.8 Å². The molecule has 0 aromatic carbocycles. The maximum atomic E-state index is 11.5. The fourth-order valence-corrected chi connectivity index (χ4v) is 2.50. The van der Waals surface area contributed by atoms with E-state index in [4.69, 9.17) is 23.7 Å². The zero-order valence-electron chi connectivity index (χ0n) is 14.8. The van der Waals surface area contributed by atoms with Crippen LogP contribution in [-0.2, 0) is 42.9 Å². The summed E-state index contributed by atoms with van der Waals surface area (Å²) in [5.41, 5.74) is 0. The minimum atomic E-state index is -1.05. The lowest BCUT2D eigenvalue weighted by Gasteiger charge is -2.27. The predicted octanol–water partition coefficient (Wildman–Crippen LogP) is -0.711. The molecule has 10 nitrogen and oxygen atoms in total. The van der Waals surface area contributed by atoms with Crippen molar-refractivity contribution in [3.8, 4) is 0 Å². The molecule has 1 heterocycles. The maximum Gasteiger partial charge on any atom is 0.303 e. The van der Waals surface area contributed by atoms with Crippen LogP contribution in [0.4, 0.5) is 0 Å². The van der Waals surface area contributed by atoms with Crippen LogP contribution in [0.5, 0.6) is 0 Å². The number of hydrogen-bond acceptors (Lipinski definition) is 9. The summed E-state index contributed by atoms with van der Waals surface area (Å²) in [5, 5.41) is 2.59. The number of hydrogen-bond donors (Lipinski definition) is 1. The summed E-state index contributed by atoms with van der Waals surface area (Å²) in [4.78, 5) is 45.3. The van der Waals surface area contributed by atoms with Crippen molar-refractivity contribution in [1.29, 1.82) is 0 Å². The Hall–Kier alpha value is -2.20. The minimum absolute atomic E-state index is 0.305. The van der Waals surface area contributed by atoms with Crippen molar-refractivity contribution in [3.63, 3.8) is 0 Å². The Bertz CT molecular complexity index is 521. The largest absolute Gasteiger partial charge is 0.462 e. The summed E-state index contributed by atoms with van der Waals surface area (Å²) in [6.07, 6.45) is -4.02. The van der Waals surface area contributed by atoms with E-state index in [2.05, 4.69) is 5.32 Å². The number of nitrogens with one attached hydrogen (secondary N) is 1. The normalized spacial score (nSPS) is 26.4. The van der Waals surface area contributed by atoms with E-state index in [0.717, 1.165) is 0 Å². The van der Waals surface area contributed by atoms with Crippen LogP contribution in [0.25, 0.3) is 0 Å². The first-order chi connectivity index (χ1) is 11.6. The highest BCUT2D eigenvalue weighted by atomic mass is 16.7. The van der Waals surface area contributed by atoms with Crippen molar-refractivity contribution in [2.24, 2.45) is 0 Å². The molecule has 0 unspecified atom stereocenters. The average Bonchev–Trinajstić information content (AvgIpc) is 2.79. The van der Waals surface area contributed by atoms with Crippen LogP contribution in [0.1, 0.15) is 27.7 Å². The molecular formula is C15H23NO9. The van der Waals surface area contributed by atoms with E-state index >= 15 is 0 Å². The molecule has 1 aliphatic rings.